The fourth-order valence-electron chi connectivity index (χ4n) is 2.71. The fraction of sp³-hybridized carbons (Fsp3) is 0.714. The van der Waals surface area contributed by atoms with E-state index in [2.05, 4.69) is 34.4 Å². The summed E-state index contributed by atoms with van der Waals surface area (Å²) in [5.41, 5.74) is 1.09. The normalized spacial score (nSPS) is 25.7. The molecule has 0 N–H and O–H groups in total. The molecule has 1 aromatic rings. The molecule has 4 nitrogen and oxygen atoms in total. The van der Waals surface area contributed by atoms with Gasteiger partial charge in [0.15, 0.2) is 12.9 Å². The molecule has 2 heterocycles. The number of halogens is 1. The molecule has 2 aliphatic rings. The standard InChI is InChI=1S/C14H20BrN2O2/c1-11-12(15)9-16-17(11)10-14(6-4-7-14)19-13-5-2-3-8-18-13/h3,9,13H,2,4-8,10H2,1H3/q+1. The van der Waals surface area contributed by atoms with Crippen LogP contribution in [0.1, 0.15) is 37.8 Å². The van der Waals surface area contributed by atoms with Crippen LogP contribution in [0.5, 0.6) is 0 Å². The fourth-order valence-corrected chi connectivity index (χ4v) is 3.00. The Morgan fingerprint density at radius 3 is 3.00 bits per heavy atom. The molecular weight excluding hydrogens is 308 g/mol. The molecule has 1 unspecified atom stereocenters. The maximum atomic E-state index is 6.26. The van der Waals surface area contributed by atoms with Gasteiger partial charge in [-0.1, -0.05) is 0 Å². The van der Waals surface area contributed by atoms with Crippen LogP contribution in [-0.4, -0.2) is 28.3 Å². The zero-order chi connectivity index (χ0) is 13.3. The van der Waals surface area contributed by atoms with Gasteiger partial charge in [0.05, 0.1) is 29.2 Å². The molecule has 2 fully saturated rings. The number of hydrogen-bond acceptors (Lipinski definition) is 3. The van der Waals surface area contributed by atoms with Crippen molar-refractivity contribution in [1.82, 2.24) is 9.78 Å². The third-order valence-electron chi connectivity index (χ3n) is 4.13. The van der Waals surface area contributed by atoms with Gasteiger partial charge in [-0.15, -0.1) is 0 Å². The van der Waals surface area contributed by atoms with E-state index in [0.29, 0.717) is 6.61 Å². The van der Waals surface area contributed by atoms with Crippen LogP contribution in [0.25, 0.3) is 0 Å². The molecule has 1 saturated carbocycles. The van der Waals surface area contributed by atoms with Crippen LogP contribution in [0.15, 0.2) is 10.7 Å². The predicted octanol–water partition coefficient (Wildman–Crippen LogP) is 3.23. The molecule has 0 radical (unpaired) electrons. The average Bonchev–Trinajstić information content (AvgIpc) is 2.69. The molecule has 3 rings (SSSR count). The highest BCUT2D eigenvalue weighted by atomic mass is 79.9. The lowest BCUT2D eigenvalue weighted by molar-refractivity contribution is -0.245. The van der Waals surface area contributed by atoms with Crippen LogP contribution in [0.3, 0.4) is 0 Å². The number of ether oxygens (including phenoxy) is 2. The summed E-state index contributed by atoms with van der Waals surface area (Å²) >= 11 is 3.51. The van der Waals surface area contributed by atoms with Gasteiger partial charge >= 0.3 is 0 Å². The van der Waals surface area contributed by atoms with Gasteiger partial charge in [-0.2, -0.15) is 5.10 Å². The summed E-state index contributed by atoms with van der Waals surface area (Å²) in [7, 11) is 0. The Hall–Kier alpha value is -0.520. The van der Waals surface area contributed by atoms with Crippen molar-refractivity contribution in [2.75, 3.05) is 6.61 Å². The molecule has 1 aliphatic heterocycles. The van der Waals surface area contributed by atoms with E-state index in [4.69, 9.17) is 9.47 Å². The topological polar surface area (TPSA) is 36.3 Å². The van der Waals surface area contributed by atoms with E-state index in [1.807, 2.05) is 10.9 Å². The van der Waals surface area contributed by atoms with Crippen molar-refractivity contribution in [3.8, 4) is 0 Å². The molecule has 0 bridgehead atoms. The van der Waals surface area contributed by atoms with Crippen molar-refractivity contribution in [3.63, 3.8) is 0 Å². The average molecular weight is 328 g/mol. The highest BCUT2D eigenvalue weighted by Crippen LogP contribution is 2.39. The van der Waals surface area contributed by atoms with Crippen molar-refractivity contribution in [3.05, 3.63) is 22.8 Å². The molecule has 19 heavy (non-hydrogen) atoms. The van der Waals surface area contributed by atoms with Gasteiger partial charge < -0.3 is 9.47 Å². The molecule has 0 spiro atoms. The van der Waals surface area contributed by atoms with E-state index in [9.17, 15) is 0 Å². The SMILES string of the molecule is Cc1c(Br)cnn1CC1(OC2CC[CH+]CO2)CCC1. The lowest BCUT2D eigenvalue weighted by atomic mass is 9.79. The van der Waals surface area contributed by atoms with Gasteiger partial charge in [-0.3, -0.25) is 4.68 Å². The first-order valence-corrected chi connectivity index (χ1v) is 7.77. The molecule has 1 saturated heterocycles. The van der Waals surface area contributed by atoms with E-state index in [1.54, 1.807) is 0 Å². The number of aromatic nitrogens is 2. The Kier molecular flexibility index (Phi) is 3.87. The molecular formula is C14H20BrN2O2+. The minimum atomic E-state index is -0.0712. The monoisotopic (exact) mass is 327 g/mol. The Bertz CT molecular complexity index is 437. The zero-order valence-electron chi connectivity index (χ0n) is 11.3. The molecule has 104 valence electrons. The second kappa shape index (κ2) is 5.46. The minimum absolute atomic E-state index is 0.0374. The van der Waals surface area contributed by atoms with Crippen molar-refractivity contribution >= 4 is 15.9 Å². The van der Waals surface area contributed by atoms with E-state index < -0.39 is 0 Å². The minimum Gasteiger partial charge on any atom is -0.344 e. The molecule has 0 aromatic carbocycles. The summed E-state index contributed by atoms with van der Waals surface area (Å²) in [4.78, 5) is 0. The Morgan fingerprint density at radius 2 is 2.47 bits per heavy atom. The van der Waals surface area contributed by atoms with E-state index in [-0.39, 0.29) is 11.9 Å². The smallest absolute Gasteiger partial charge is 0.189 e. The first kappa shape index (κ1) is 13.5. The van der Waals surface area contributed by atoms with Crippen LogP contribution in [0, 0.1) is 13.3 Å². The maximum Gasteiger partial charge on any atom is 0.189 e. The Balaban J connectivity index is 1.67. The van der Waals surface area contributed by atoms with Crippen LogP contribution in [-0.2, 0) is 16.0 Å². The quantitative estimate of drug-likeness (QED) is 0.796. The van der Waals surface area contributed by atoms with Crippen molar-refractivity contribution in [1.29, 1.82) is 0 Å². The summed E-state index contributed by atoms with van der Waals surface area (Å²) in [6.07, 6.45) is 9.50. The van der Waals surface area contributed by atoms with Crippen LogP contribution < -0.4 is 0 Å². The second-order valence-corrected chi connectivity index (χ2v) is 6.37. The van der Waals surface area contributed by atoms with Gasteiger partial charge in [0.25, 0.3) is 0 Å². The van der Waals surface area contributed by atoms with Gasteiger partial charge in [0.1, 0.15) is 6.42 Å². The number of hydrogen-bond donors (Lipinski definition) is 0. The third-order valence-corrected chi connectivity index (χ3v) is 4.91. The predicted molar refractivity (Wildman–Crippen MR) is 75.6 cm³/mol. The van der Waals surface area contributed by atoms with Gasteiger partial charge in [-0.25, -0.2) is 0 Å². The summed E-state index contributed by atoms with van der Waals surface area (Å²) in [5.74, 6) is 0. The van der Waals surface area contributed by atoms with Crippen molar-refractivity contribution in [2.24, 2.45) is 0 Å². The Labute approximate surface area is 122 Å². The van der Waals surface area contributed by atoms with Crippen molar-refractivity contribution in [2.45, 2.75) is 57.5 Å². The second-order valence-electron chi connectivity index (χ2n) is 5.52. The lowest BCUT2D eigenvalue weighted by Crippen LogP contribution is -2.48. The van der Waals surface area contributed by atoms with Gasteiger partial charge in [-0.05, 0) is 42.1 Å². The molecule has 5 heteroatoms. The summed E-state index contributed by atoms with van der Waals surface area (Å²) < 4.78 is 15.0. The van der Waals surface area contributed by atoms with E-state index >= 15 is 0 Å². The number of nitrogens with zero attached hydrogens (tertiary/aromatic N) is 2. The first-order valence-electron chi connectivity index (χ1n) is 6.98. The zero-order valence-corrected chi connectivity index (χ0v) is 12.9. The highest BCUT2D eigenvalue weighted by molar-refractivity contribution is 9.10. The van der Waals surface area contributed by atoms with Crippen LogP contribution in [0.2, 0.25) is 0 Å². The van der Waals surface area contributed by atoms with Gasteiger partial charge in [0, 0.05) is 12.1 Å². The maximum absolute atomic E-state index is 6.26. The summed E-state index contributed by atoms with van der Waals surface area (Å²) in [6, 6.07) is 0. The molecule has 1 atom stereocenters. The van der Waals surface area contributed by atoms with Crippen LogP contribution in [0.4, 0.5) is 0 Å². The third kappa shape index (κ3) is 2.83. The van der Waals surface area contributed by atoms with Crippen LogP contribution >= 0.6 is 15.9 Å². The Morgan fingerprint density at radius 1 is 1.63 bits per heavy atom. The molecule has 0 amide bonds. The summed E-state index contributed by atoms with van der Waals surface area (Å²) in [6.45, 7) is 3.62. The number of rotatable bonds is 4. The highest BCUT2D eigenvalue weighted by Gasteiger charge is 2.42. The molecule has 1 aromatic heterocycles. The van der Waals surface area contributed by atoms with Gasteiger partial charge in [0.2, 0.25) is 0 Å². The molecule has 1 aliphatic carbocycles. The van der Waals surface area contributed by atoms with Crippen molar-refractivity contribution < 1.29 is 9.47 Å². The lowest BCUT2D eigenvalue weighted by Gasteiger charge is -2.43. The summed E-state index contributed by atoms with van der Waals surface area (Å²) in [5, 5.41) is 4.42. The first-order chi connectivity index (χ1) is 9.19. The van der Waals surface area contributed by atoms with E-state index in [0.717, 1.165) is 42.4 Å². The largest absolute Gasteiger partial charge is 0.344 e. The van der Waals surface area contributed by atoms with E-state index in [1.165, 1.54) is 6.42 Å².